The number of amides is 1. The lowest BCUT2D eigenvalue weighted by Crippen LogP contribution is -2.43. The Morgan fingerprint density at radius 1 is 0.873 bits per heavy atom. The van der Waals surface area contributed by atoms with Gasteiger partial charge >= 0.3 is 24.0 Å². The van der Waals surface area contributed by atoms with E-state index < -0.39 is 67.4 Å². The second kappa shape index (κ2) is 26.6. The number of anilines is 1. The molecule has 6 aromatic rings. The van der Waals surface area contributed by atoms with Crippen molar-refractivity contribution in [2.75, 3.05) is 37.9 Å². The molecule has 1 fully saturated rings. The number of hydrogen-bond donors (Lipinski definition) is 0. The number of sulfone groups is 1. The van der Waals surface area contributed by atoms with Crippen LogP contribution < -0.4 is 25.6 Å². The van der Waals surface area contributed by atoms with Gasteiger partial charge in [0, 0.05) is 43.5 Å². The smallest absolute Gasteiger partial charge is 0.431 e. The molecule has 0 aliphatic heterocycles. The van der Waals surface area contributed by atoms with Crippen molar-refractivity contribution in [3.8, 4) is 17.2 Å². The lowest BCUT2D eigenvalue weighted by Gasteiger charge is -2.31. The van der Waals surface area contributed by atoms with Gasteiger partial charge in [0.25, 0.3) is 5.56 Å². The minimum absolute atomic E-state index is 0.0223. The van der Waals surface area contributed by atoms with E-state index in [4.69, 9.17) is 35.1 Å². The number of esters is 1. The molecular formula is C55H59ClF6N4O12S. The zero-order chi connectivity index (χ0) is 58.7. The predicted molar refractivity (Wildman–Crippen MR) is 281 cm³/mol. The monoisotopic (exact) mass is 1150 g/mol. The Bertz CT molecular complexity index is 3370. The number of nitrogens with zero attached hydrogens (tertiary/aromatic N) is 4. The number of methoxy groups -OCH3 is 2. The molecule has 1 aliphatic carbocycles. The van der Waals surface area contributed by atoms with E-state index in [0.29, 0.717) is 56.8 Å². The van der Waals surface area contributed by atoms with Crippen LogP contribution in [0.5, 0.6) is 11.5 Å². The summed E-state index contributed by atoms with van der Waals surface area (Å²) in [6.07, 6.45) is -5.17. The van der Waals surface area contributed by atoms with Gasteiger partial charge in [0.1, 0.15) is 29.7 Å². The lowest BCUT2D eigenvalue weighted by atomic mass is 10.0. The highest BCUT2D eigenvalue weighted by Gasteiger charge is 2.37. The number of ether oxygens (including phenoxy) is 4. The molecule has 2 heterocycles. The predicted octanol–water partition coefficient (Wildman–Crippen LogP) is 10.0. The number of carbonyl (C=O) groups is 3. The Kier molecular flexibility index (Phi) is 21.1. The molecule has 2 atom stereocenters. The van der Waals surface area contributed by atoms with Crippen molar-refractivity contribution in [2.45, 2.75) is 102 Å². The minimum Gasteiger partial charge on any atom is -0.489 e. The fraction of sp³-hybridized carbons (Fsp3) is 0.382. The van der Waals surface area contributed by atoms with Crippen LogP contribution in [0, 0.1) is 6.92 Å². The summed E-state index contributed by atoms with van der Waals surface area (Å²) >= 11 is 5.76. The number of carbonyl (C=O) groups excluding carboxylic acids is 3. The first-order chi connectivity index (χ1) is 37.1. The van der Waals surface area contributed by atoms with E-state index in [1.54, 1.807) is 18.9 Å². The van der Waals surface area contributed by atoms with Gasteiger partial charge in [-0.2, -0.15) is 26.3 Å². The Hall–Kier alpha value is -7.24. The van der Waals surface area contributed by atoms with Crippen molar-refractivity contribution >= 4 is 44.8 Å². The van der Waals surface area contributed by atoms with Gasteiger partial charge in [-0.05, 0) is 112 Å². The first-order valence-electron chi connectivity index (χ1n) is 24.5. The molecule has 4 aromatic carbocycles. The van der Waals surface area contributed by atoms with Gasteiger partial charge in [-0.15, -0.1) is 11.6 Å². The van der Waals surface area contributed by atoms with E-state index in [1.807, 2.05) is 51.1 Å². The molecule has 16 nitrogen and oxygen atoms in total. The van der Waals surface area contributed by atoms with Crippen LogP contribution in [0.25, 0.3) is 5.69 Å². The highest BCUT2D eigenvalue weighted by atomic mass is 35.5. The second-order valence-electron chi connectivity index (χ2n) is 18.2. The first-order valence-corrected chi connectivity index (χ1v) is 26.9. The third-order valence-corrected chi connectivity index (χ3v) is 13.8. The van der Waals surface area contributed by atoms with Crippen molar-refractivity contribution in [1.82, 2.24) is 14.3 Å². The number of alkyl halides is 7. The molecule has 24 heteroatoms. The highest BCUT2D eigenvalue weighted by Crippen LogP contribution is 2.42. The molecule has 2 aromatic heterocycles. The number of hydrogen-bond acceptors (Lipinski definition) is 13. The summed E-state index contributed by atoms with van der Waals surface area (Å²) in [6, 6.07) is 19.8. The van der Waals surface area contributed by atoms with E-state index >= 15 is 0 Å². The molecule has 426 valence electrons. The quantitative estimate of drug-likeness (QED) is 0.0342. The largest absolute Gasteiger partial charge is 0.489 e. The third-order valence-electron chi connectivity index (χ3n) is 12.4. The van der Waals surface area contributed by atoms with Crippen LogP contribution in [0.3, 0.4) is 0 Å². The lowest BCUT2D eigenvalue weighted by molar-refractivity contribution is -0.148. The van der Waals surface area contributed by atoms with Crippen molar-refractivity contribution in [2.24, 2.45) is 7.05 Å². The van der Waals surface area contributed by atoms with Gasteiger partial charge in [-0.1, -0.05) is 49.3 Å². The maximum absolute atomic E-state index is 13.1. The molecule has 2 unspecified atom stereocenters. The van der Waals surface area contributed by atoms with E-state index in [2.05, 4.69) is 18.1 Å². The van der Waals surface area contributed by atoms with E-state index in [-0.39, 0.29) is 47.2 Å². The molecule has 1 aliphatic rings. The molecular weight excluding hydrogens is 1090 g/mol. The summed E-state index contributed by atoms with van der Waals surface area (Å²) < 4.78 is 129. The van der Waals surface area contributed by atoms with Crippen LogP contribution >= 0.6 is 11.6 Å². The maximum Gasteiger partial charge on any atom is 0.431 e. The number of aromatic nitrogens is 3. The second-order valence-corrected chi connectivity index (χ2v) is 20.5. The Balaban J connectivity index is 0.000000231. The van der Waals surface area contributed by atoms with Gasteiger partial charge < -0.3 is 28.4 Å². The molecule has 7 rings (SSSR count). The van der Waals surface area contributed by atoms with Gasteiger partial charge in [-0.3, -0.25) is 19.0 Å². The fourth-order valence-electron chi connectivity index (χ4n) is 8.16. The number of para-hydroxylation sites is 1. The van der Waals surface area contributed by atoms with Crippen molar-refractivity contribution in [3.05, 3.63) is 162 Å². The minimum atomic E-state index is -4.84. The van der Waals surface area contributed by atoms with Gasteiger partial charge in [0.15, 0.2) is 27.5 Å². The van der Waals surface area contributed by atoms with Gasteiger partial charge in [0.2, 0.25) is 5.91 Å². The van der Waals surface area contributed by atoms with Crippen LogP contribution in [0.4, 0.5) is 32.0 Å². The van der Waals surface area contributed by atoms with E-state index in [9.17, 15) is 58.7 Å². The molecule has 0 spiro atoms. The summed E-state index contributed by atoms with van der Waals surface area (Å²) in [5, 5.41) is 3.55. The number of benzene rings is 4. The Morgan fingerprint density at radius 3 is 2.10 bits per heavy atom. The SMILES string of the molecule is CCc1ccc(COc2ccc(-n3c(=O)cc(C(F)(F)F)n(C)c3=O)cc2)c(OC(C)C(=O)OC)c1.CCc1cccc(C)c1N(C(=O)CCl)C(C)COC.CS(=O)(=O)c1cc(C(F)(F)F)ccc1C(=O)c1cnoc1C1CC1. The van der Waals surface area contributed by atoms with Gasteiger partial charge in [0.05, 0.1) is 53.4 Å². The molecule has 1 amide bonds. The van der Waals surface area contributed by atoms with Gasteiger partial charge in [-0.25, -0.2) is 22.6 Å². The summed E-state index contributed by atoms with van der Waals surface area (Å²) in [4.78, 5) is 62.4. The number of halogens is 7. The zero-order valence-electron chi connectivity index (χ0n) is 44.6. The average Bonchev–Trinajstić information content (AvgIpc) is 4.15. The normalized spacial score (nSPS) is 13.2. The topological polar surface area (TPSA) is 196 Å². The van der Waals surface area contributed by atoms with Crippen LogP contribution in [0.1, 0.15) is 102 Å². The van der Waals surface area contributed by atoms with Crippen LogP contribution in [-0.2, 0) is 67.7 Å². The highest BCUT2D eigenvalue weighted by molar-refractivity contribution is 7.90. The number of rotatable bonds is 18. The Morgan fingerprint density at radius 2 is 1.54 bits per heavy atom. The number of ketones is 1. The summed E-state index contributed by atoms with van der Waals surface area (Å²) in [5.41, 5.74) is 0.0378. The molecule has 79 heavy (non-hydrogen) atoms. The molecule has 0 saturated heterocycles. The molecule has 0 radical (unpaired) electrons. The fourth-order valence-corrected chi connectivity index (χ4v) is 9.19. The van der Waals surface area contributed by atoms with E-state index in [0.717, 1.165) is 67.4 Å². The third kappa shape index (κ3) is 15.7. The standard InChI is InChI=1S/C25H25F3N2O6.C15H22ClNO2.C15H12F3NO4S/c1-5-16-6-7-17(20(12-16)36-15(2)23(32)34-4)14-35-19-10-8-18(9-11-19)30-22(31)13-21(25(26,27)28)29(3)24(30)33;1-5-13-8-6-7-11(2)15(13)17(14(18)9-16)12(3)10-19-4;1-24(21,22)12-6-9(15(16,17)18)4-5-10(12)13(20)11-7-19-23-14(11)8-2-3-8/h6-13,15H,5,14H2,1-4H3;6-8,12H,5,9-10H2,1-4H3;4-8H,2-3H2,1H3. The zero-order valence-corrected chi connectivity index (χ0v) is 46.2. The molecule has 0 bridgehead atoms. The van der Waals surface area contributed by atoms with Crippen LogP contribution in [-0.4, -0.2) is 85.5 Å². The summed E-state index contributed by atoms with van der Waals surface area (Å²) in [5.74, 6) is -0.120. The maximum atomic E-state index is 13.1. The van der Waals surface area contributed by atoms with Crippen molar-refractivity contribution in [1.29, 1.82) is 0 Å². The van der Waals surface area contributed by atoms with Crippen molar-refractivity contribution < 1.29 is 72.6 Å². The van der Waals surface area contributed by atoms with Crippen LogP contribution in [0.2, 0.25) is 0 Å². The van der Waals surface area contributed by atoms with Crippen LogP contribution in [0.15, 0.2) is 110 Å². The van der Waals surface area contributed by atoms with E-state index in [1.165, 1.54) is 37.6 Å². The first kappa shape index (κ1) is 62.6. The van der Waals surface area contributed by atoms with Crippen molar-refractivity contribution in [3.63, 3.8) is 0 Å². The molecule has 0 N–H and O–H groups in total. The molecule has 1 saturated carbocycles. The number of aryl methyl sites for hydroxylation is 3. The summed E-state index contributed by atoms with van der Waals surface area (Å²) in [7, 11) is -0.186. The summed E-state index contributed by atoms with van der Waals surface area (Å²) in [6.45, 7) is 10.2. The Labute approximate surface area is 456 Å². The average molecular weight is 1150 g/mol.